The lowest BCUT2D eigenvalue weighted by molar-refractivity contribution is -0.255. The SMILES string of the molecule is CC(C)(C)NC(=O)C1CCC2CCCCC2N1CC1CC(c2ccc(CO)cc2)OC(c2ccc(CNC(=O)NCc3ccccc3)cc2)O1. The minimum Gasteiger partial charge on any atom is -0.392 e. The molecule has 1 saturated carbocycles. The molecule has 268 valence electrons. The van der Waals surface area contributed by atoms with Crippen molar-refractivity contribution in [3.8, 4) is 0 Å². The maximum atomic E-state index is 13.7. The van der Waals surface area contributed by atoms with Crippen molar-refractivity contribution >= 4 is 11.9 Å². The van der Waals surface area contributed by atoms with Crippen molar-refractivity contribution < 1.29 is 24.2 Å². The van der Waals surface area contributed by atoms with Crippen LogP contribution in [0.1, 0.15) is 106 Å². The fourth-order valence-corrected chi connectivity index (χ4v) is 7.81. The summed E-state index contributed by atoms with van der Waals surface area (Å²) >= 11 is 0. The minimum absolute atomic E-state index is 0.00834. The molecule has 0 aromatic heterocycles. The summed E-state index contributed by atoms with van der Waals surface area (Å²) < 4.78 is 13.4. The second kappa shape index (κ2) is 16.5. The number of fused-ring (bicyclic) bond motifs is 1. The van der Waals surface area contributed by atoms with E-state index < -0.39 is 6.29 Å². The molecule has 3 aliphatic rings. The molecule has 6 atom stereocenters. The Labute approximate surface area is 297 Å². The second-order valence-electron chi connectivity index (χ2n) is 15.3. The summed E-state index contributed by atoms with van der Waals surface area (Å²) in [7, 11) is 0. The number of hydrogen-bond donors (Lipinski definition) is 4. The van der Waals surface area contributed by atoms with E-state index in [9.17, 15) is 14.7 Å². The molecule has 1 aliphatic carbocycles. The van der Waals surface area contributed by atoms with Crippen LogP contribution in [0.2, 0.25) is 0 Å². The third-order valence-electron chi connectivity index (χ3n) is 10.3. The van der Waals surface area contributed by atoms with Gasteiger partial charge in [0.15, 0.2) is 6.29 Å². The Kier molecular flexibility index (Phi) is 11.9. The van der Waals surface area contributed by atoms with Crippen molar-refractivity contribution in [1.82, 2.24) is 20.9 Å². The largest absolute Gasteiger partial charge is 0.392 e. The predicted octanol–water partition coefficient (Wildman–Crippen LogP) is 6.66. The average molecular weight is 683 g/mol. The number of nitrogens with zero attached hydrogens (tertiary/aromatic N) is 1. The summed E-state index contributed by atoms with van der Waals surface area (Å²) in [5.41, 5.74) is 4.52. The highest BCUT2D eigenvalue weighted by Gasteiger charge is 2.44. The molecule has 3 aromatic rings. The van der Waals surface area contributed by atoms with Gasteiger partial charge < -0.3 is 30.5 Å². The monoisotopic (exact) mass is 682 g/mol. The van der Waals surface area contributed by atoms with E-state index in [-0.39, 0.29) is 42.3 Å². The predicted molar refractivity (Wildman–Crippen MR) is 194 cm³/mol. The Hall–Kier alpha value is -3.76. The molecule has 0 radical (unpaired) electrons. The molecule has 6 rings (SSSR count). The highest BCUT2D eigenvalue weighted by atomic mass is 16.7. The van der Waals surface area contributed by atoms with E-state index in [0.29, 0.717) is 38.0 Å². The summed E-state index contributed by atoms with van der Waals surface area (Å²) in [5.74, 6) is 0.723. The smallest absolute Gasteiger partial charge is 0.315 e. The molecule has 9 nitrogen and oxygen atoms in total. The average Bonchev–Trinajstić information content (AvgIpc) is 3.13. The molecule has 3 fully saturated rings. The Balaban J connectivity index is 1.17. The van der Waals surface area contributed by atoms with Crippen molar-refractivity contribution in [2.75, 3.05) is 6.54 Å². The lowest BCUT2D eigenvalue weighted by atomic mass is 9.75. The zero-order valence-corrected chi connectivity index (χ0v) is 29.8. The lowest BCUT2D eigenvalue weighted by Crippen LogP contribution is -2.61. The van der Waals surface area contributed by atoms with Gasteiger partial charge in [0.05, 0.1) is 24.9 Å². The molecule has 3 amide bonds. The number of ether oxygens (including phenoxy) is 2. The van der Waals surface area contributed by atoms with Crippen molar-refractivity contribution in [2.24, 2.45) is 5.92 Å². The number of aliphatic hydroxyl groups is 1. The Morgan fingerprint density at radius 3 is 2.10 bits per heavy atom. The first-order valence-corrected chi connectivity index (χ1v) is 18.4. The zero-order chi connectivity index (χ0) is 35.1. The van der Waals surface area contributed by atoms with Crippen molar-refractivity contribution in [3.63, 3.8) is 0 Å². The summed E-state index contributed by atoms with van der Waals surface area (Å²) in [4.78, 5) is 28.6. The first-order chi connectivity index (χ1) is 24.1. The van der Waals surface area contributed by atoms with Crippen LogP contribution in [0.25, 0.3) is 0 Å². The van der Waals surface area contributed by atoms with Crippen LogP contribution in [-0.4, -0.2) is 52.2 Å². The van der Waals surface area contributed by atoms with Gasteiger partial charge in [0.1, 0.15) is 0 Å². The number of benzene rings is 3. The zero-order valence-electron chi connectivity index (χ0n) is 29.8. The fourth-order valence-electron chi connectivity index (χ4n) is 7.81. The first-order valence-electron chi connectivity index (χ1n) is 18.4. The Bertz CT molecular complexity index is 1540. The molecule has 2 saturated heterocycles. The highest BCUT2D eigenvalue weighted by molar-refractivity contribution is 5.82. The molecule has 3 aromatic carbocycles. The number of nitrogens with one attached hydrogen (secondary N) is 3. The van der Waals surface area contributed by atoms with Crippen LogP contribution >= 0.6 is 0 Å². The van der Waals surface area contributed by atoms with E-state index in [1.807, 2.05) is 99.6 Å². The van der Waals surface area contributed by atoms with Gasteiger partial charge in [-0.1, -0.05) is 91.7 Å². The Morgan fingerprint density at radius 1 is 0.780 bits per heavy atom. The van der Waals surface area contributed by atoms with Gasteiger partial charge in [0.25, 0.3) is 0 Å². The van der Waals surface area contributed by atoms with Crippen molar-refractivity contribution in [1.29, 1.82) is 0 Å². The van der Waals surface area contributed by atoms with Crippen LogP contribution in [-0.2, 0) is 34.0 Å². The molecule has 9 heteroatoms. The fraction of sp³-hybridized carbons (Fsp3) is 0.512. The van der Waals surface area contributed by atoms with E-state index in [2.05, 4.69) is 20.9 Å². The van der Waals surface area contributed by atoms with Crippen LogP contribution in [0, 0.1) is 5.92 Å². The number of amides is 3. The number of carbonyl (C=O) groups is 2. The first kappa shape index (κ1) is 36.0. The molecule has 2 aliphatic heterocycles. The van der Waals surface area contributed by atoms with Gasteiger partial charge in [0.2, 0.25) is 5.91 Å². The number of aliphatic hydroxyl groups excluding tert-OH is 1. The van der Waals surface area contributed by atoms with Crippen molar-refractivity contribution in [3.05, 3.63) is 107 Å². The number of rotatable bonds is 10. The van der Waals surface area contributed by atoms with Gasteiger partial charge in [0, 0.05) is 43.2 Å². The maximum absolute atomic E-state index is 13.7. The molecule has 0 spiro atoms. The number of urea groups is 1. The van der Waals surface area contributed by atoms with Crippen LogP contribution < -0.4 is 16.0 Å². The topological polar surface area (TPSA) is 112 Å². The van der Waals surface area contributed by atoms with E-state index >= 15 is 0 Å². The Morgan fingerprint density at radius 2 is 1.42 bits per heavy atom. The van der Waals surface area contributed by atoms with Gasteiger partial charge in [-0.25, -0.2) is 4.79 Å². The molecule has 50 heavy (non-hydrogen) atoms. The number of piperidine rings is 1. The number of likely N-dealkylation sites (tertiary alicyclic amines) is 1. The van der Waals surface area contributed by atoms with Gasteiger partial charge >= 0.3 is 6.03 Å². The summed E-state index contributed by atoms with van der Waals surface area (Å²) in [5, 5.41) is 18.8. The highest BCUT2D eigenvalue weighted by Crippen LogP contribution is 2.42. The number of carbonyl (C=O) groups excluding carboxylic acids is 2. The molecular formula is C41H54N4O5. The third-order valence-corrected chi connectivity index (χ3v) is 10.3. The van der Waals surface area contributed by atoms with Gasteiger partial charge in [-0.3, -0.25) is 9.69 Å². The van der Waals surface area contributed by atoms with E-state index in [4.69, 9.17) is 9.47 Å². The van der Waals surface area contributed by atoms with Crippen molar-refractivity contribution in [2.45, 2.75) is 122 Å². The number of hydrogen-bond acceptors (Lipinski definition) is 6. The standard InChI is InChI=1S/C41H54N4O5/c1-41(2,3)44-38(47)36-22-21-31-11-7-8-12-35(31)45(36)26-34-23-37(32-17-15-30(27-46)16-18-32)50-39(49-34)33-19-13-29(14-20-33)25-43-40(48)42-24-28-9-5-4-6-10-28/h4-6,9-10,13-20,31,34-37,39,46H,7-8,11-12,21-27H2,1-3H3,(H,44,47)(H2,42,43,48). The summed E-state index contributed by atoms with van der Waals surface area (Å²) in [6.07, 6.45) is 6.45. The van der Waals surface area contributed by atoms with E-state index in [0.717, 1.165) is 47.1 Å². The van der Waals surface area contributed by atoms with Gasteiger partial charge in [-0.15, -0.1) is 0 Å². The van der Waals surface area contributed by atoms with Crippen LogP contribution in [0.3, 0.4) is 0 Å². The molecular weight excluding hydrogens is 628 g/mol. The minimum atomic E-state index is -0.596. The molecule has 6 unspecified atom stereocenters. The van der Waals surface area contributed by atoms with Crippen LogP contribution in [0.15, 0.2) is 78.9 Å². The van der Waals surface area contributed by atoms with Gasteiger partial charge in [-0.2, -0.15) is 0 Å². The summed E-state index contributed by atoms with van der Waals surface area (Å²) in [6.45, 7) is 7.65. The van der Waals surface area contributed by atoms with E-state index in [1.165, 1.54) is 19.3 Å². The van der Waals surface area contributed by atoms with E-state index in [1.54, 1.807) is 0 Å². The summed E-state index contributed by atoms with van der Waals surface area (Å²) in [6, 6.07) is 25.8. The normalized spacial score (nSPS) is 25.7. The molecule has 4 N–H and O–H groups in total. The maximum Gasteiger partial charge on any atom is 0.315 e. The molecule has 0 bridgehead atoms. The van der Waals surface area contributed by atoms with Crippen LogP contribution in [0.4, 0.5) is 4.79 Å². The molecule has 2 heterocycles. The lowest BCUT2D eigenvalue weighted by Gasteiger charge is -2.50. The van der Waals surface area contributed by atoms with Gasteiger partial charge in [-0.05, 0) is 74.6 Å². The third kappa shape index (κ3) is 9.51. The quantitative estimate of drug-likeness (QED) is 0.190. The van der Waals surface area contributed by atoms with Crippen LogP contribution in [0.5, 0.6) is 0 Å². The second-order valence-corrected chi connectivity index (χ2v) is 15.3.